The lowest BCUT2D eigenvalue weighted by Crippen LogP contribution is -2.31. The number of ether oxygens (including phenoxy) is 1. The first-order valence-electron chi connectivity index (χ1n) is 6.38. The highest BCUT2D eigenvalue weighted by Gasteiger charge is 2.31. The zero-order chi connectivity index (χ0) is 12.3. The number of nitrogens with zero attached hydrogens (tertiary/aromatic N) is 1. The summed E-state index contributed by atoms with van der Waals surface area (Å²) in [4.78, 5) is 4.03. The van der Waals surface area contributed by atoms with E-state index < -0.39 is 0 Å². The first kappa shape index (κ1) is 12.5. The topological polar surface area (TPSA) is 34.1 Å². The Bertz CT molecular complexity index is 350. The molecular formula is C14H22N2O. The molecule has 94 valence electrons. The minimum atomic E-state index is 0.0618. The number of rotatable bonds is 4. The van der Waals surface area contributed by atoms with Crippen LogP contribution in [0.4, 0.5) is 0 Å². The molecule has 1 saturated heterocycles. The van der Waals surface area contributed by atoms with Gasteiger partial charge >= 0.3 is 0 Å². The van der Waals surface area contributed by atoms with Crippen molar-refractivity contribution < 1.29 is 4.74 Å². The van der Waals surface area contributed by atoms with Gasteiger partial charge in [-0.2, -0.15) is 0 Å². The molecule has 1 aromatic heterocycles. The molecule has 1 fully saturated rings. The first-order valence-corrected chi connectivity index (χ1v) is 6.38. The van der Waals surface area contributed by atoms with Gasteiger partial charge in [0, 0.05) is 25.0 Å². The number of pyridine rings is 1. The highest BCUT2D eigenvalue weighted by molar-refractivity contribution is 5.13. The van der Waals surface area contributed by atoms with Gasteiger partial charge in [-0.25, -0.2) is 0 Å². The lowest BCUT2D eigenvalue weighted by atomic mass is 10.1. The molecule has 0 aliphatic carbocycles. The van der Waals surface area contributed by atoms with Crippen molar-refractivity contribution in [2.75, 3.05) is 6.54 Å². The molecule has 1 N–H and O–H groups in total. The van der Waals surface area contributed by atoms with Crippen molar-refractivity contribution in [1.29, 1.82) is 0 Å². The van der Waals surface area contributed by atoms with Crippen LogP contribution in [-0.2, 0) is 4.74 Å². The molecule has 0 amide bonds. The fourth-order valence-electron chi connectivity index (χ4n) is 2.30. The van der Waals surface area contributed by atoms with Crippen LogP contribution < -0.4 is 5.32 Å². The quantitative estimate of drug-likeness (QED) is 0.869. The van der Waals surface area contributed by atoms with Gasteiger partial charge in [0.1, 0.15) is 0 Å². The highest BCUT2D eigenvalue weighted by atomic mass is 16.5. The Hall–Kier alpha value is -0.930. The van der Waals surface area contributed by atoms with E-state index in [-0.39, 0.29) is 5.60 Å². The van der Waals surface area contributed by atoms with Gasteiger partial charge in [-0.15, -0.1) is 0 Å². The third kappa shape index (κ3) is 3.51. The van der Waals surface area contributed by atoms with Crippen molar-refractivity contribution in [2.45, 2.75) is 51.4 Å². The summed E-state index contributed by atoms with van der Waals surface area (Å²) in [5.41, 5.74) is 1.34. The maximum absolute atomic E-state index is 5.96. The largest absolute Gasteiger partial charge is 0.371 e. The van der Waals surface area contributed by atoms with E-state index in [9.17, 15) is 0 Å². The maximum Gasteiger partial charge on any atom is 0.0708 e. The summed E-state index contributed by atoms with van der Waals surface area (Å²) < 4.78 is 5.96. The van der Waals surface area contributed by atoms with Gasteiger partial charge in [0.15, 0.2) is 0 Å². The molecule has 1 aliphatic heterocycles. The van der Waals surface area contributed by atoms with E-state index >= 15 is 0 Å². The zero-order valence-electron chi connectivity index (χ0n) is 10.9. The van der Waals surface area contributed by atoms with Crippen molar-refractivity contribution in [1.82, 2.24) is 10.3 Å². The van der Waals surface area contributed by atoms with Crippen LogP contribution in [0, 0.1) is 0 Å². The third-order valence-electron chi connectivity index (χ3n) is 3.41. The van der Waals surface area contributed by atoms with E-state index in [1.165, 1.54) is 5.56 Å². The van der Waals surface area contributed by atoms with E-state index in [1.54, 1.807) is 0 Å². The third-order valence-corrected chi connectivity index (χ3v) is 3.41. The average molecular weight is 234 g/mol. The predicted octanol–water partition coefficient (Wildman–Crippen LogP) is 2.69. The molecule has 2 heterocycles. The Balaban J connectivity index is 1.79. The zero-order valence-corrected chi connectivity index (χ0v) is 10.9. The number of aromatic nitrogens is 1. The molecule has 0 spiro atoms. The van der Waals surface area contributed by atoms with Crippen LogP contribution in [0.1, 0.15) is 45.2 Å². The molecule has 3 heteroatoms. The van der Waals surface area contributed by atoms with E-state index in [1.807, 2.05) is 12.4 Å². The maximum atomic E-state index is 5.96. The molecule has 0 bridgehead atoms. The molecule has 3 nitrogen and oxygen atoms in total. The number of hydrogen-bond donors (Lipinski definition) is 1. The molecule has 0 aromatic carbocycles. The van der Waals surface area contributed by atoms with Gasteiger partial charge in [-0.1, -0.05) is 0 Å². The van der Waals surface area contributed by atoms with E-state index in [4.69, 9.17) is 4.74 Å². The molecule has 2 rings (SSSR count). The van der Waals surface area contributed by atoms with Crippen molar-refractivity contribution in [3.63, 3.8) is 0 Å². The Labute approximate surface area is 104 Å². The monoisotopic (exact) mass is 234 g/mol. The van der Waals surface area contributed by atoms with Gasteiger partial charge < -0.3 is 10.1 Å². The Morgan fingerprint density at radius 1 is 1.47 bits per heavy atom. The number of hydrogen-bond acceptors (Lipinski definition) is 3. The van der Waals surface area contributed by atoms with Gasteiger partial charge in [-0.05, 0) is 51.3 Å². The normalized spacial score (nSPS) is 24.8. The van der Waals surface area contributed by atoms with Crippen LogP contribution in [0.2, 0.25) is 0 Å². The summed E-state index contributed by atoms with van der Waals surface area (Å²) >= 11 is 0. The molecule has 0 saturated carbocycles. The molecular weight excluding hydrogens is 212 g/mol. The standard InChI is InChI=1S/C14H22N2O/c1-11(12-5-8-15-9-6-12)16-10-13-4-7-14(2,3)17-13/h5-6,8-9,11,13,16H,4,7,10H2,1-3H3. The summed E-state index contributed by atoms with van der Waals surface area (Å²) in [6.07, 6.45) is 6.34. The lowest BCUT2D eigenvalue weighted by Gasteiger charge is -2.21. The molecule has 0 radical (unpaired) electrons. The Kier molecular flexibility index (Phi) is 3.79. The second-order valence-electron chi connectivity index (χ2n) is 5.45. The van der Waals surface area contributed by atoms with Crippen molar-refractivity contribution in [3.05, 3.63) is 30.1 Å². The lowest BCUT2D eigenvalue weighted by molar-refractivity contribution is -0.0150. The van der Waals surface area contributed by atoms with Gasteiger partial charge in [0.25, 0.3) is 0 Å². The van der Waals surface area contributed by atoms with E-state index in [0.29, 0.717) is 12.1 Å². The Morgan fingerprint density at radius 3 is 2.76 bits per heavy atom. The number of nitrogens with one attached hydrogen (secondary N) is 1. The van der Waals surface area contributed by atoms with Crippen LogP contribution in [0.15, 0.2) is 24.5 Å². The molecule has 2 unspecified atom stereocenters. The van der Waals surface area contributed by atoms with Crippen LogP contribution in [0.25, 0.3) is 0 Å². The van der Waals surface area contributed by atoms with E-state index in [0.717, 1.165) is 19.4 Å². The second-order valence-corrected chi connectivity index (χ2v) is 5.45. The minimum Gasteiger partial charge on any atom is -0.371 e. The fourth-order valence-corrected chi connectivity index (χ4v) is 2.30. The fraction of sp³-hybridized carbons (Fsp3) is 0.643. The molecule has 1 aliphatic rings. The molecule has 2 atom stereocenters. The summed E-state index contributed by atoms with van der Waals surface area (Å²) in [5, 5.41) is 3.53. The van der Waals surface area contributed by atoms with Crippen LogP contribution in [0.3, 0.4) is 0 Å². The van der Waals surface area contributed by atoms with Crippen LogP contribution in [0.5, 0.6) is 0 Å². The summed E-state index contributed by atoms with van der Waals surface area (Å²) in [6, 6.07) is 4.46. The first-order chi connectivity index (χ1) is 8.07. The van der Waals surface area contributed by atoms with Crippen LogP contribution >= 0.6 is 0 Å². The van der Waals surface area contributed by atoms with Crippen molar-refractivity contribution >= 4 is 0 Å². The summed E-state index contributed by atoms with van der Waals surface area (Å²) in [7, 11) is 0. The highest BCUT2D eigenvalue weighted by Crippen LogP contribution is 2.29. The SMILES string of the molecule is CC(NCC1CCC(C)(C)O1)c1ccncc1. The van der Waals surface area contributed by atoms with Gasteiger partial charge in [0.05, 0.1) is 11.7 Å². The van der Waals surface area contributed by atoms with E-state index in [2.05, 4.69) is 43.2 Å². The van der Waals surface area contributed by atoms with Crippen molar-refractivity contribution in [2.24, 2.45) is 0 Å². The van der Waals surface area contributed by atoms with Gasteiger partial charge in [0.2, 0.25) is 0 Å². The van der Waals surface area contributed by atoms with Crippen LogP contribution in [-0.4, -0.2) is 23.2 Å². The summed E-state index contributed by atoms with van der Waals surface area (Å²) in [6.45, 7) is 7.43. The summed E-state index contributed by atoms with van der Waals surface area (Å²) in [5.74, 6) is 0. The minimum absolute atomic E-state index is 0.0618. The predicted molar refractivity (Wildman–Crippen MR) is 68.8 cm³/mol. The van der Waals surface area contributed by atoms with Gasteiger partial charge in [-0.3, -0.25) is 4.98 Å². The second kappa shape index (κ2) is 5.15. The smallest absolute Gasteiger partial charge is 0.0708 e. The Morgan fingerprint density at radius 2 is 2.18 bits per heavy atom. The molecule has 17 heavy (non-hydrogen) atoms. The average Bonchev–Trinajstić information content (AvgIpc) is 2.67. The van der Waals surface area contributed by atoms with Crippen molar-refractivity contribution in [3.8, 4) is 0 Å². The molecule has 1 aromatic rings.